The lowest BCUT2D eigenvalue weighted by Crippen LogP contribution is -2.49. The summed E-state index contributed by atoms with van der Waals surface area (Å²) in [6.07, 6.45) is 0. The Labute approximate surface area is 123 Å². The van der Waals surface area contributed by atoms with E-state index >= 15 is 0 Å². The van der Waals surface area contributed by atoms with Crippen molar-refractivity contribution in [1.29, 1.82) is 0 Å². The third-order valence-electron chi connectivity index (χ3n) is 3.25. The second-order valence-corrected chi connectivity index (χ2v) is 4.99. The molecule has 0 spiro atoms. The fourth-order valence-electron chi connectivity index (χ4n) is 2.20. The summed E-state index contributed by atoms with van der Waals surface area (Å²) in [4.78, 5) is 12.9. The first-order valence-corrected chi connectivity index (χ1v) is 6.33. The van der Waals surface area contributed by atoms with Crippen molar-refractivity contribution in [3.8, 4) is 0 Å². The van der Waals surface area contributed by atoms with Crippen molar-refractivity contribution >= 4 is 29.7 Å². The molecule has 0 amide bonds. The highest BCUT2D eigenvalue weighted by molar-refractivity contribution is 6.30. The summed E-state index contributed by atoms with van der Waals surface area (Å²) >= 11 is 5.92. The minimum Gasteiger partial charge on any atom is -0.314 e. The van der Waals surface area contributed by atoms with Gasteiger partial charge in [-0.15, -0.1) is 12.4 Å². The number of nitrogens with zero attached hydrogens (tertiary/aromatic N) is 2. The van der Waals surface area contributed by atoms with Gasteiger partial charge in [0.05, 0.1) is 4.92 Å². The quantitative estimate of drug-likeness (QED) is 0.688. The monoisotopic (exact) mass is 305 g/mol. The molecule has 1 heterocycles. The summed E-state index contributed by atoms with van der Waals surface area (Å²) in [5, 5.41) is 14.8. The molecule has 5 nitrogen and oxygen atoms in total. The van der Waals surface area contributed by atoms with Crippen LogP contribution in [0.5, 0.6) is 0 Å². The van der Waals surface area contributed by atoms with Gasteiger partial charge in [-0.3, -0.25) is 15.0 Å². The molecule has 1 aromatic carbocycles. The van der Waals surface area contributed by atoms with E-state index in [9.17, 15) is 10.1 Å². The molecule has 0 saturated carbocycles. The minimum atomic E-state index is -0.349. The zero-order valence-corrected chi connectivity index (χ0v) is 12.2. The molecule has 2 rings (SSSR count). The van der Waals surface area contributed by atoms with Crippen molar-refractivity contribution in [2.75, 3.05) is 19.6 Å². The largest absolute Gasteiger partial charge is 0.314 e. The highest BCUT2D eigenvalue weighted by Crippen LogP contribution is 2.24. The van der Waals surface area contributed by atoms with Crippen LogP contribution in [0.25, 0.3) is 0 Å². The van der Waals surface area contributed by atoms with Gasteiger partial charge in [0.15, 0.2) is 0 Å². The number of halogens is 2. The summed E-state index contributed by atoms with van der Waals surface area (Å²) in [7, 11) is 0. The molecule has 0 aromatic heterocycles. The van der Waals surface area contributed by atoms with Crippen molar-refractivity contribution in [3.63, 3.8) is 0 Å². The molecular weight excluding hydrogens is 289 g/mol. The average molecular weight is 306 g/mol. The van der Waals surface area contributed by atoms with E-state index in [1.54, 1.807) is 12.1 Å². The number of rotatable bonds is 3. The van der Waals surface area contributed by atoms with E-state index < -0.39 is 0 Å². The van der Waals surface area contributed by atoms with Gasteiger partial charge in [-0.05, 0) is 19.1 Å². The molecule has 0 aliphatic carbocycles. The molecule has 0 radical (unpaired) electrons. The van der Waals surface area contributed by atoms with Crippen LogP contribution in [0.15, 0.2) is 18.2 Å². The molecule has 0 bridgehead atoms. The topological polar surface area (TPSA) is 58.4 Å². The first-order valence-electron chi connectivity index (χ1n) is 5.95. The Morgan fingerprint density at radius 2 is 2.32 bits per heavy atom. The molecule has 19 heavy (non-hydrogen) atoms. The van der Waals surface area contributed by atoms with E-state index in [1.807, 2.05) is 0 Å². The maximum atomic E-state index is 11.0. The van der Waals surface area contributed by atoms with E-state index in [0.717, 1.165) is 19.6 Å². The summed E-state index contributed by atoms with van der Waals surface area (Å²) in [6, 6.07) is 5.10. The van der Waals surface area contributed by atoms with Gasteiger partial charge in [-0.2, -0.15) is 0 Å². The molecule has 1 fully saturated rings. The van der Waals surface area contributed by atoms with Gasteiger partial charge < -0.3 is 5.32 Å². The van der Waals surface area contributed by atoms with E-state index in [1.165, 1.54) is 6.07 Å². The van der Waals surface area contributed by atoms with Crippen LogP contribution < -0.4 is 5.32 Å². The molecule has 106 valence electrons. The second-order valence-electron chi connectivity index (χ2n) is 4.55. The van der Waals surface area contributed by atoms with Crippen molar-refractivity contribution < 1.29 is 4.92 Å². The minimum absolute atomic E-state index is 0. The van der Waals surface area contributed by atoms with Gasteiger partial charge in [0.1, 0.15) is 0 Å². The standard InChI is InChI=1S/C12H16ClN3O2.ClH/c1-9-7-14-4-5-15(9)8-10-6-11(13)2-3-12(10)16(17)18;/h2-3,6,9,14H,4-5,7-8H2,1H3;1H/t9-;/m1./s1. The highest BCUT2D eigenvalue weighted by atomic mass is 35.5. The summed E-state index contributed by atoms with van der Waals surface area (Å²) in [5.74, 6) is 0. The molecular formula is C12H17Cl2N3O2. The van der Waals surface area contributed by atoms with E-state index in [4.69, 9.17) is 11.6 Å². The molecule has 1 saturated heterocycles. The first kappa shape index (κ1) is 16.2. The fraction of sp³-hybridized carbons (Fsp3) is 0.500. The van der Waals surface area contributed by atoms with Crippen LogP contribution in [-0.2, 0) is 6.54 Å². The third kappa shape index (κ3) is 4.04. The number of nitrogens with one attached hydrogen (secondary N) is 1. The maximum Gasteiger partial charge on any atom is 0.273 e. The maximum absolute atomic E-state index is 11.0. The van der Waals surface area contributed by atoms with Crippen LogP contribution in [0.4, 0.5) is 5.69 Å². The van der Waals surface area contributed by atoms with Crippen molar-refractivity contribution in [2.24, 2.45) is 0 Å². The van der Waals surface area contributed by atoms with Gasteiger partial charge in [0.25, 0.3) is 5.69 Å². The van der Waals surface area contributed by atoms with Gasteiger partial charge in [-0.1, -0.05) is 11.6 Å². The van der Waals surface area contributed by atoms with Crippen molar-refractivity contribution in [1.82, 2.24) is 10.2 Å². The number of hydrogen-bond acceptors (Lipinski definition) is 4. The molecule has 7 heteroatoms. The zero-order chi connectivity index (χ0) is 13.1. The number of nitro groups is 1. The van der Waals surface area contributed by atoms with Gasteiger partial charge in [0, 0.05) is 48.9 Å². The van der Waals surface area contributed by atoms with Crippen LogP contribution in [0, 0.1) is 10.1 Å². The summed E-state index contributed by atoms with van der Waals surface area (Å²) in [5.41, 5.74) is 0.825. The average Bonchev–Trinajstić information content (AvgIpc) is 2.32. The summed E-state index contributed by atoms with van der Waals surface area (Å²) < 4.78 is 0. The van der Waals surface area contributed by atoms with Crippen LogP contribution in [0.3, 0.4) is 0 Å². The van der Waals surface area contributed by atoms with Crippen molar-refractivity contribution in [2.45, 2.75) is 19.5 Å². The SMILES string of the molecule is C[C@@H]1CNCCN1Cc1cc(Cl)ccc1[N+](=O)[O-].Cl. The second kappa shape index (κ2) is 7.05. The van der Waals surface area contributed by atoms with Gasteiger partial charge in [0.2, 0.25) is 0 Å². The first-order chi connectivity index (χ1) is 8.58. The smallest absolute Gasteiger partial charge is 0.273 e. The van der Waals surface area contributed by atoms with Crippen LogP contribution in [0.1, 0.15) is 12.5 Å². The molecule has 1 N–H and O–H groups in total. The lowest BCUT2D eigenvalue weighted by molar-refractivity contribution is -0.385. The van der Waals surface area contributed by atoms with E-state index in [0.29, 0.717) is 23.2 Å². The molecule has 1 aliphatic heterocycles. The van der Waals surface area contributed by atoms with Gasteiger partial charge >= 0.3 is 0 Å². The normalized spacial score (nSPS) is 19.8. The van der Waals surface area contributed by atoms with Crippen LogP contribution in [0.2, 0.25) is 5.02 Å². The lowest BCUT2D eigenvalue weighted by atomic mass is 10.1. The molecule has 0 unspecified atom stereocenters. The van der Waals surface area contributed by atoms with E-state index in [2.05, 4.69) is 17.1 Å². The number of piperazine rings is 1. The highest BCUT2D eigenvalue weighted by Gasteiger charge is 2.22. The number of nitro benzene ring substituents is 1. The van der Waals surface area contributed by atoms with Crippen LogP contribution >= 0.6 is 24.0 Å². The van der Waals surface area contributed by atoms with Crippen LogP contribution in [-0.4, -0.2) is 35.5 Å². The Morgan fingerprint density at radius 1 is 1.58 bits per heavy atom. The molecule has 1 aromatic rings. The summed E-state index contributed by atoms with van der Waals surface area (Å²) in [6.45, 7) is 5.40. The Morgan fingerprint density at radius 3 is 2.95 bits per heavy atom. The molecule has 1 aliphatic rings. The lowest BCUT2D eigenvalue weighted by Gasteiger charge is -2.33. The Hall–Kier alpha value is -0.880. The third-order valence-corrected chi connectivity index (χ3v) is 3.49. The Balaban J connectivity index is 0.00000180. The predicted octanol–water partition coefficient (Wildman–Crippen LogP) is 2.46. The number of hydrogen-bond donors (Lipinski definition) is 1. The van der Waals surface area contributed by atoms with Gasteiger partial charge in [-0.25, -0.2) is 0 Å². The predicted molar refractivity (Wildman–Crippen MR) is 78.1 cm³/mol. The number of benzene rings is 1. The Bertz CT molecular complexity index is 457. The zero-order valence-electron chi connectivity index (χ0n) is 10.6. The molecule has 1 atom stereocenters. The fourth-order valence-corrected chi connectivity index (χ4v) is 2.39. The Kier molecular flexibility index (Phi) is 6.00. The van der Waals surface area contributed by atoms with Crippen molar-refractivity contribution in [3.05, 3.63) is 38.9 Å². The van der Waals surface area contributed by atoms with E-state index in [-0.39, 0.29) is 23.0 Å².